The summed E-state index contributed by atoms with van der Waals surface area (Å²) in [6.07, 6.45) is 7.88. The Kier molecular flexibility index (Phi) is 18.9. The van der Waals surface area contributed by atoms with E-state index in [9.17, 15) is 22.8 Å². The second-order valence-electron chi connectivity index (χ2n) is 7.58. The number of nitrogens with zero attached hydrogens (tertiary/aromatic N) is 4. The Morgan fingerprint density at radius 1 is 1.21 bits per heavy atom. The molecule has 0 aromatic carbocycles. The maximum Gasteiger partial charge on any atom is 0.412 e. The lowest BCUT2D eigenvalue weighted by Crippen LogP contribution is -2.41. The third-order valence-electron chi connectivity index (χ3n) is 4.92. The molecule has 0 unspecified atom stereocenters. The predicted molar refractivity (Wildman–Crippen MR) is 151 cm³/mol. The first-order valence-corrected chi connectivity index (χ1v) is 12.8. The van der Waals surface area contributed by atoms with E-state index in [1.54, 1.807) is 50.1 Å². The second-order valence-corrected chi connectivity index (χ2v) is 7.58. The number of anilines is 1. The standard InChI is InChI=1S/C21H28F3N5O2.C3H4.2C2H6/c1-5-10-29-19(30)18(16(3)27(4)20(29)31)25-12-17-13-26-28(14-17)11-8-6-7-9-15(2)21(22,23)24;1-3-2;2*1-2/h6,8,13-14,25H,2,5,7,9-12H2,1,3-4H3;1H,2H3;2*1-2H3/b8-6+;;;. The third kappa shape index (κ3) is 12.2. The Morgan fingerprint density at radius 2 is 1.79 bits per heavy atom. The molecule has 2 heterocycles. The van der Waals surface area contributed by atoms with E-state index in [4.69, 9.17) is 0 Å². The van der Waals surface area contributed by atoms with Gasteiger partial charge in [-0.05, 0) is 33.1 Å². The van der Waals surface area contributed by atoms with Gasteiger partial charge in [0, 0.05) is 43.2 Å². The summed E-state index contributed by atoms with van der Waals surface area (Å²) >= 11 is 0. The van der Waals surface area contributed by atoms with Crippen molar-refractivity contribution in [2.75, 3.05) is 5.32 Å². The summed E-state index contributed by atoms with van der Waals surface area (Å²) in [7, 11) is 1.63. The number of alkyl halides is 3. The predicted octanol–water partition coefficient (Wildman–Crippen LogP) is 6.22. The van der Waals surface area contributed by atoms with Crippen LogP contribution in [0.2, 0.25) is 0 Å². The number of hydrogen-bond acceptors (Lipinski definition) is 4. The Labute approximate surface area is 225 Å². The van der Waals surface area contributed by atoms with Gasteiger partial charge in [0.25, 0.3) is 5.56 Å². The number of allylic oxidation sites excluding steroid dienone is 3. The van der Waals surface area contributed by atoms with E-state index >= 15 is 0 Å². The van der Waals surface area contributed by atoms with Gasteiger partial charge in [-0.15, -0.1) is 12.3 Å². The molecule has 0 bridgehead atoms. The molecule has 0 amide bonds. The summed E-state index contributed by atoms with van der Waals surface area (Å²) in [6.45, 7) is 17.4. The van der Waals surface area contributed by atoms with Gasteiger partial charge in [-0.2, -0.15) is 18.3 Å². The fourth-order valence-electron chi connectivity index (χ4n) is 2.98. The summed E-state index contributed by atoms with van der Waals surface area (Å²) in [5, 5.41) is 7.31. The molecule has 2 rings (SSSR count). The third-order valence-corrected chi connectivity index (χ3v) is 4.92. The van der Waals surface area contributed by atoms with E-state index in [0.29, 0.717) is 37.4 Å². The van der Waals surface area contributed by atoms with Crippen molar-refractivity contribution < 1.29 is 13.2 Å². The zero-order valence-corrected chi connectivity index (χ0v) is 24.1. The average Bonchev–Trinajstić information content (AvgIpc) is 3.35. The van der Waals surface area contributed by atoms with Crippen LogP contribution in [-0.4, -0.2) is 25.1 Å². The van der Waals surface area contributed by atoms with Crippen LogP contribution in [0.5, 0.6) is 0 Å². The van der Waals surface area contributed by atoms with Gasteiger partial charge >= 0.3 is 11.9 Å². The average molecular weight is 540 g/mol. The molecular weight excluding hydrogens is 495 g/mol. The number of aromatic nitrogens is 4. The SMILES string of the molecule is C#CC.C=C(CC/C=C/Cn1cc(CNc2c(C)n(C)c(=O)n(CCC)c2=O)cn1)C(F)(F)F.CC.CC. The van der Waals surface area contributed by atoms with E-state index in [2.05, 4.69) is 29.3 Å². The van der Waals surface area contributed by atoms with E-state index in [1.165, 1.54) is 9.13 Å². The Bertz CT molecular complexity index is 1150. The minimum Gasteiger partial charge on any atom is -0.375 e. The lowest BCUT2D eigenvalue weighted by molar-refractivity contribution is -0.0934. The van der Waals surface area contributed by atoms with Crippen LogP contribution in [-0.2, 0) is 26.7 Å². The molecule has 2 aromatic heterocycles. The van der Waals surface area contributed by atoms with Gasteiger partial charge in [0.1, 0.15) is 5.69 Å². The van der Waals surface area contributed by atoms with Crippen LogP contribution in [0.15, 0.2) is 46.3 Å². The van der Waals surface area contributed by atoms with Gasteiger partial charge in [0.05, 0.1) is 12.7 Å². The molecule has 0 aliphatic heterocycles. The molecule has 0 aliphatic rings. The molecule has 10 heteroatoms. The van der Waals surface area contributed by atoms with E-state index in [0.717, 1.165) is 5.56 Å². The van der Waals surface area contributed by atoms with Gasteiger partial charge in [0.2, 0.25) is 0 Å². The topological polar surface area (TPSA) is 73.8 Å². The highest BCUT2D eigenvalue weighted by atomic mass is 19.4. The molecule has 0 saturated heterocycles. The lowest BCUT2D eigenvalue weighted by atomic mass is 10.1. The van der Waals surface area contributed by atoms with Crippen molar-refractivity contribution in [3.8, 4) is 12.3 Å². The van der Waals surface area contributed by atoms with E-state index in [1.807, 2.05) is 34.6 Å². The first kappa shape index (κ1) is 36.7. The first-order chi connectivity index (χ1) is 18.0. The normalized spacial score (nSPS) is 10.3. The highest BCUT2D eigenvalue weighted by Crippen LogP contribution is 2.27. The van der Waals surface area contributed by atoms with Gasteiger partial charge in [-0.25, -0.2) is 4.79 Å². The summed E-state index contributed by atoms with van der Waals surface area (Å²) in [4.78, 5) is 25.0. The summed E-state index contributed by atoms with van der Waals surface area (Å²) in [6, 6.07) is 0. The fourth-order valence-corrected chi connectivity index (χ4v) is 2.98. The van der Waals surface area contributed by atoms with Crippen molar-refractivity contribution in [2.45, 2.75) is 93.5 Å². The number of nitrogens with one attached hydrogen (secondary N) is 1. The number of hydrogen-bond donors (Lipinski definition) is 1. The van der Waals surface area contributed by atoms with Crippen LogP contribution >= 0.6 is 0 Å². The fraction of sp³-hybridized carbons (Fsp3) is 0.536. The van der Waals surface area contributed by atoms with Gasteiger partial charge < -0.3 is 5.32 Å². The largest absolute Gasteiger partial charge is 0.412 e. The first-order valence-electron chi connectivity index (χ1n) is 12.8. The maximum absolute atomic E-state index is 12.7. The van der Waals surface area contributed by atoms with Crippen molar-refractivity contribution >= 4 is 5.69 Å². The molecule has 38 heavy (non-hydrogen) atoms. The molecule has 0 spiro atoms. The van der Waals surface area contributed by atoms with Crippen LogP contribution in [0.25, 0.3) is 0 Å². The molecule has 2 aromatic rings. The highest BCUT2D eigenvalue weighted by Gasteiger charge is 2.30. The van der Waals surface area contributed by atoms with Gasteiger partial charge in [-0.1, -0.05) is 53.3 Å². The van der Waals surface area contributed by atoms with Crippen molar-refractivity contribution in [1.29, 1.82) is 0 Å². The molecular formula is C28H44F3N5O2. The van der Waals surface area contributed by atoms with Crippen LogP contribution in [0.3, 0.4) is 0 Å². The molecule has 0 aliphatic carbocycles. The monoisotopic (exact) mass is 539 g/mol. The molecule has 1 N–H and O–H groups in total. The van der Waals surface area contributed by atoms with Crippen LogP contribution in [0, 0.1) is 19.3 Å². The van der Waals surface area contributed by atoms with Crippen molar-refractivity contribution in [2.24, 2.45) is 7.05 Å². The molecule has 0 atom stereocenters. The van der Waals surface area contributed by atoms with Crippen molar-refractivity contribution in [3.63, 3.8) is 0 Å². The highest BCUT2D eigenvalue weighted by molar-refractivity contribution is 5.46. The number of terminal acetylenes is 1. The van der Waals surface area contributed by atoms with Crippen LogP contribution in [0.1, 0.15) is 72.1 Å². The van der Waals surface area contributed by atoms with Gasteiger partial charge in [-0.3, -0.25) is 18.6 Å². The number of rotatable bonds is 10. The Balaban J connectivity index is 0. The summed E-state index contributed by atoms with van der Waals surface area (Å²) in [5.74, 6) is 2.25. The van der Waals surface area contributed by atoms with Crippen LogP contribution in [0.4, 0.5) is 18.9 Å². The minimum atomic E-state index is -4.35. The summed E-state index contributed by atoms with van der Waals surface area (Å²) < 4.78 is 41.5. The molecule has 214 valence electrons. The van der Waals surface area contributed by atoms with E-state index < -0.39 is 11.7 Å². The van der Waals surface area contributed by atoms with Crippen molar-refractivity contribution in [3.05, 3.63) is 68.8 Å². The zero-order chi connectivity index (χ0) is 29.9. The molecule has 0 saturated carbocycles. The second kappa shape index (κ2) is 19.6. The Hall–Kier alpha value is -3.48. The number of halogens is 3. The zero-order valence-electron chi connectivity index (χ0n) is 24.1. The quantitative estimate of drug-likeness (QED) is 0.287. The van der Waals surface area contributed by atoms with Crippen molar-refractivity contribution in [1.82, 2.24) is 18.9 Å². The Morgan fingerprint density at radius 3 is 2.32 bits per heavy atom. The summed E-state index contributed by atoms with van der Waals surface area (Å²) in [5.41, 5.74) is 0.322. The smallest absolute Gasteiger partial charge is 0.375 e. The molecule has 7 nitrogen and oxygen atoms in total. The van der Waals surface area contributed by atoms with Crippen LogP contribution < -0.4 is 16.6 Å². The maximum atomic E-state index is 12.7. The minimum absolute atomic E-state index is 0.136. The molecule has 0 fully saturated rings. The molecule has 0 radical (unpaired) electrons. The van der Waals surface area contributed by atoms with Gasteiger partial charge in [0.15, 0.2) is 0 Å². The lowest BCUT2D eigenvalue weighted by Gasteiger charge is -2.14. The van der Waals surface area contributed by atoms with E-state index in [-0.39, 0.29) is 24.1 Å².